The number of nitrogens with zero attached hydrogens (tertiary/aromatic N) is 2. The number of ether oxygens (including phenoxy) is 1. The topological polar surface area (TPSA) is 102 Å². The number of benzene rings is 2. The highest BCUT2D eigenvalue weighted by Crippen LogP contribution is 2.33. The Morgan fingerprint density at radius 1 is 1.07 bits per heavy atom. The van der Waals surface area contributed by atoms with Gasteiger partial charge < -0.3 is 4.74 Å². The Morgan fingerprint density at radius 3 is 2.45 bits per heavy atom. The number of morpholine rings is 1. The van der Waals surface area contributed by atoms with E-state index in [1.165, 1.54) is 24.3 Å². The molecule has 1 aliphatic carbocycles. The summed E-state index contributed by atoms with van der Waals surface area (Å²) >= 11 is 0. The molecule has 1 saturated heterocycles. The number of nitro groups is 1. The Balaban J connectivity index is 1.67. The lowest BCUT2D eigenvalue weighted by Crippen LogP contribution is -2.50. The zero-order chi connectivity index (χ0) is 20.4. The molecule has 0 radical (unpaired) electrons. The van der Waals surface area contributed by atoms with Gasteiger partial charge in [0.25, 0.3) is 5.69 Å². The van der Waals surface area contributed by atoms with Crippen LogP contribution in [0.25, 0.3) is 6.08 Å². The molecule has 152 valence electrons. The highest BCUT2D eigenvalue weighted by atomic mass is 32.2. The highest BCUT2D eigenvalue weighted by Gasteiger charge is 2.34. The Morgan fingerprint density at radius 2 is 1.76 bits per heavy atom. The first kappa shape index (κ1) is 19.7. The van der Waals surface area contributed by atoms with Gasteiger partial charge >= 0.3 is 0 Å². The summed E-state index contributed by atoms with van der Waals surface area (Å²) in [7, 11) is -3.88. The van der Waals surface area contributed by atoms with Crippen LogP contribution < -0.4 is 4.72 Å². The number of sulfonamides is 1. The summed E-state index contributed by atoms with van der Waals surface area (Å²) in [5, 5.41) is 10.9. The second kappa shape index (κ2) is 8.03. The number of rotatable bonds is 5. The van der Waals surface area contributed by atoms with E-state index < -0.39 is 21.0 Å². The van der Waals surface area contributed by atoms with E-state index in [4.69, 9.17) is 4.74 Å². The molecule has 29 heavy (non-hydrogen) atoms. The SMILES string of the molecule is O=[N+]([O-])c1ccc(S(=O)(=O)N[C@H]2c3ccccc3C=C[C@@H]2N2CCOCC2)cc1. The van der Waals surface area contributed by atoms with Crippen LogP contribution in [0.1, 0.15) is 17.2 Å². The fraction of sp³-hybridized carbons (Fsp3) is 0.300. The van der Waals surface area contributed by atoms with E-state index in [-0.39, 0.29) is 16.6 Å². The zero-order valence-electron chi connectivity index (χ0n) is 15.6. The molecule has 0 saturated carbocycles. The Hall–Kier alpha value is -2.59. The molecule has 0 bridgehead atoms. The predicted molar refractivity (Wildman–Crippen MR) is 108 cm³/mol. The van der Waals surface area contributed by atoms with E-state index in [2.05, 4.69) is 9.62 Å². The minimum absolute atomic E-state index is 0.00383. The first-order valence-electron chi connectivity index (χ1n) is 9.31. The maximum absolute atomic E-state index is 13.1. The van der Waals surface area contributed by atoms with Crippen LogP contribution >= 0.6 is 0 Å². The molecule has 0 aromatic heterocycles. The first-order valence-corrected chi connectivity index (χ1v) is 10.8. The summed E-state index contributed by atoms with van der Waals surface area (Å²) < 4.78 is 34.4. The Bertz CT molecular complexity index is 1030. The molecule has 1 fully saturated rings. The van der Waals surface area contributed by atoms with E-state index in [1.807, 2.05) is 36.4 Å². The summed E-state index contributed by atoms with van der Waals surface area (Å²) in [6.45, 7) is 2.64. The molecule has 1 N–H and O–H groups in total. The van der Waals surface area contributed by atoms with Gasteiger partial charge in [-0.15, -0.1) is 0 Å². The van der Waals surface area contributed by atoms with E-state index >= 15 is 0 Å². The van der Waals surface area contributed by atoms with Crippen molar-refractivity contribution in [1.82, 2.24) is 9.62 Å². The van der Waals surface area contributed by atoms with Gasteiger partial charge in [-0.25, -0.2) is 13.1 Å². The fourth-order valence-corrected chi connectivity index (χ4v) is 5.00. The smallest absolute Gasteiger partial charge is 0.269 e. The fourth-order valence-electron chi connectivity index (χ4n) is 3.77. The van der Waals surface area contributed by atoms with Gasteiger partial charge in [0.2, 0.25) is 10.0 Å². The molecule has 0 unspecified atom stereocenters. The van der Waals surface area contributed by atoms with Crippen LogP contribution in [-0.4, -0.2) is 50.6 Å². The van der Waals surface area contributed by atoms with Gasteiger partial charge in [0.15, 0.2) is 0 Å². The maximum atomic E-state index is 13.1. The van der Waals surface area contributed by atoms with Gasteiger partial charge in [-0.05, 0) is 23.3 Å². The van der Waals surface area contributed by atoms with Crippen LogP contribution in [0.3, 0.4) is 0 Å². The van der Waals surface area contributed by atoms with E-state index in [0.717, 1.165) is 11.1 Å². The zero-order valence-corrected chi connectivity index (χ0v) is 16.4. The van der Waals surface area contributed by atoms with Crippen molar-refractivity contribution in [3.8, 4) is 0 Å². The minimum Gasteiger partial charge on any atom is -0.379 e. The third-order valence-corrected chi connectivity index (χ3v) is 6.71. The number of non-ortho nitro benzene ring substituents is 1. The van der Waals surface area contributed by atoms with Crippen LogP contribution in [0.5, 0.6) is 0 Å². The standard InChI is InChI=1S/C20H21N3O5S/c24-23(25)16-6-8-17(9-7-16)29(26,27)21-20-18-4-2-1-3-15(18)5-10-19(20)22-11-13-28-14-12-22/h1-10,19-21H,11-14H2/t19-,20-/m0/s1. The van der Waals surface area contributed by atoms with Crippen LogP contribution in [0.2, 0.25) is 0 Å². The van der Waals surface area contributed by atoms with Crippen molar-refractivity contribution in [1.29, 1.82) is 0 Å². The van der Waals surface area contributed by atoms with Crippen LogP contribution in [0.4, 0.5) is 5.69 Å². The van der Waals surface area contributed by atoms with E-state index in [0.29, 0.717) is 26.3 Å². The monoisotopic (exact) mass is 415 g/mol. The number of hydrogen-bond donors (Lipinski definition) is 1. The first-order chi connectivity index (χ1) is 14.0. The van der Waals surface area contributed by atoms with Gasteiger partial charge in [0.1, 0.15) is 0 Å². The van der Waals surface area contributed by atoms with Crippen LogP contribution in [-0.2, 0) is 14.8 Å². The molecule has 2 atom stereocenters. The molecule has 2 aromatic rings. The predicted octanol–water partition coefficient (Wildman–Crippen LogP) is 2.34. The lowest BCUT2D eigenvalue weighted by atomic mass is 9.89. The molecule has 4 rings (SSSR count). The van der Waals surface area contributed by atoms with Crippen LogP contribution in [0.15, 0.2) is 59.5 Å². The van der Waals surface area contributed by atoms with Crippen molar-refractivity contribution in [3.05, 3.63) is 75.8 Å². The molecular formula is C20H21N3O5S. The number of hydrogen-bond acceptors (Lipinski definition) is 6. The van der Waals surface area contributed by atoms with Crippen molar-refractivity contribution < 1.29 is 18.1 Å². The highest BCUT2D eigenvalue weighted by molar-refractivity contribution is 7.89. The van der Waals surface area contributed by atoms with E-state index in [9.17, 15) is 18.5 Å². The average Bonchev–Trinajstić information content (AvgIpc) is 2.74. The van der Waals surface area contributed by atoms with E-state index in [1.54, 1.807) is 0 Å². The van der Waals surface area contributed by atoms with Gasteiger partial charge in [-0.2, -0.15) is 0 Å². The van der Waals surface area contributed by atoms with Gasteiger partial charge in [0.05, 0.1) is 29.1 Å². The lowest BCUT2D eigenvalue weighted by Gasteiger charge is -2.40. The molecule has 9 heteroatoms. The van der Waals surface area contributed by atoms with Gasteiger partial charge in [-0.3, -0.25) is 15.0 Å². The van der Waals surface area contributed by atoms with Crippen molar-refractivity contribution in [2.75, 3.05) is 26.3 Å². The molecule has 1 aliphatic heterocycles. The van der Waals surface area contributed by atoms with Crippen molar-refractivity contribution in [2.45, 2.75) is 17.0 Å². The summed E-state index contributed by atoms with van der Waals surface area (Å²) in [6, 6.07) is 12.0. The van der Waals surface area contributed by atoms with Crippen molar-refractivity contribution in [2.24, 2.45) is 0 Å². The minimum atomic E-state index is -3.88. The Labute approximate surface area is 169 Å². The molecule has 0 amide bonds. The lowest BCUT2D eigenvalue weighted by molar-refractivity contribution is -0.384. The summed E-state index contributed by atoms with van der Waals surface area (Å²) in [4.78, 5) is 12.5. The Kier molecular flexibility index (Phi) is 5.46. The quantitative estimate of drug-likeness (QED) is 0.594. The van der Waals surface area contributed by atoms with Crippen LogP contribution in [0, 0.1) is 10.1 Å². The second-order valence-electron chi connectivity index (χ2n) is 6.98. The van der Waals surface area contributed by atoms with Gasteiger partial charge in [0, 0.05) is 31.3 Å². The third kappa shape index (κ3) is 4.08. The third-order valence-electron chi connectivity index (χ3n) is 5.25. The average molecular weight is 415 g/mol. The normalized spacial score (nSPS) is 22.2. The van der Waals surface area contributed by atoms with Gasteiger partial charge in [-0.1, -0.05) is 36.4 Å². The summed E-state index contributed by atoms with van der Waals surface area (Å²) in [5.74, 6) is 0. The second-order valence-corrected chi connectivity index (χ2v) is 8.69. The maximum Gasteiger partial charge on any atom is 0.269 e. The molecular weight excluding hydrogens is 394 g/mol. The molecule has 1 heterocycles. The summed E-state index contributed by atoms with van der Waals surface area (Å²) in [6.07, 6.45) is 4.04. The molecule has 2 aliphatic rings. The number of nitro benzene ring substituents is 1. The van der Waals surface area contributed by atoms with Crippen molar-refractivity contribution >= 4 is 21.8 Å². The molecule has 0 spiro atoms. The molecule has 2 aromatic carbocycles. The largest absolute Gasteiger partial charge is 0.379 e. The van der Waals surface area contributed by atoms with Crippen molar-refractivity contribution in [3.63, 3.8) is 0 Å². The summed E-state index contributed by atoms with van der Waals surface area (Å²) in [5.41, 5.74) is 1.71. The number of fused-ring (bicyclic) bond motifs is 1. The number of nitrogens with one attached hydrogen (secondary N) is 1. The molecule has 8 nitrogen and oxygen atoms in total.